The van der Waals surface area contributed by atoms with E-state index in [0.717, 1.165) is 25.7 Å². The van der Waals surface area contributed by atoms with Gasteiger partial charge in [0.15, 0.2) is 0 Å². The summed E-state index contributed by atoms with van der Waals surface area (Å²) in [6.07, 6.45) is 0.702. The molecule has 4 rings (SSSR count). The van der Waals surface area contributed by atoms with Crippen LogP contribution in [0.4, 0.5) is 10.1 Å². The summed E-state index contributed by atoms with van der Waals surface area (Å²) in [6.45, 7) is 5.93. The number of piperazine rings is 1. The van der Waals surface area contributed by atoms with Crippen molar-refractivity contribution in [2.45, 2.75) is 11.3 Å². The van der Waals surface area contributed by atoms with Gasteiger partial charge in [-0.3, -0.25) is 9.69 Å². The van der Waals surface area contributed by atoms with E-state index in [1.54, 1.807) is 17.0 Å². The summed E-state index contributed by atoms with van der Waals surface area (Å²) >= 11 is 6.11. The van der Waals surface area contributed by atoms with Gasteiger partial charge in [0.05, 0.1) is 41.5 Å². The van der Waals surface area contributed by atoms with Gasteiger partial charge in [-0.1, -0.05) is 11.6 Å². The number of morpholine rings is 1. The van der Waals surface area contributed by atoms with Gasteiger partial charge in [0.25, 0.3) is 5.91 Å². The fraction of sp³-hybridized carbons (Fsp3) is 0.480. The molecule has 0 unspecified atom stereocenters. The minimum atomic E-state index is -3.71. The molecule has 1 N–H and O–H groups in total. The molecule has 2 aromatic carbocycles. The van der Waals surface area contributed by atoms with Crippen LogP contribution in [0.1, 0.15) is 16.8 Å². The third kappa shape index (κ3) is 6.91. The molecule has 0 spiro atoms. The van der Waals surface area contributed by atoms with Crippen molar-refractivity contribution >= 4 is 33.2 Å². The Morgan fingerprint density at radius 2 is 1.81 bits per heavy atom. The molecule has 0 bridgehead atoms. The van der Waals surface area contributed by atoms with Crippen molar-refractivity contribution < 1.29 is 27.1 Å². The third-order valence-corrected chi connectivity index (χ3v) is 8.36. The number of anilines is 1. The lowest BCUT2D eigenvalue weighted by Gasteiger charge is -2.37. The molecule has 0 saturated carbocycles. The van der Waals surface area contributed by atoms with Crippen molar-refractivity contribution in [3.05, 3.63) is 52.8 Å². The summed E-state index contributed by atoms with van der Waals surface area (Å²) in [7, 11) is -2.18. The first-order valence-electron chi connectivity index (χ1n) is 12.3. The number of hydrogen-bond acceptors (Lipinski definition) is 7. The zero-order chi connectivity index (χ0) is 26.4. The highest BCUT2D eigenvalue weighted by atomic mass is 35.5. The lowest BCUT2D eigenvalue weighted by Crippen LogP contribution is -2.49. The lowest BCUT2D eigenvalue weighted by molar-refractivity contribution is 0.0376. The molecule has 1 amide bonds. The Labute approximate surface area is 222 Å². The van der Waals surface area contributed by atoms with Crippen LogP contribution in [0.5, 0.6) is 5.75 Å². The van der Waals surface area contributed by atoms with Crippen molar-refractivity contribution in [1.82, 2.24) is 14.5 Å². The molecule has 2 fully saturated rings. The molecule has 0 aliphatic carbocycles. The summed E-state index contributed by atoms with van der Waals surface area (Å²) in [4.78, 5) is 18.9. The Morgan fingerprint density at radius 1 is 1.08 bits per heavy atom. The predicted octanol–water partition coefficient (Wildman–Crippen LogP) is 2.45. The standard InChI is InChI=1S/C25H32ClFN4O5S/c1-35-24-6-4-20(37(33,34)28-7-2-8-29-13-15-36-16-14-29)18-23(24)30-9-11-31(12-10-30)25(32)21-17-19(27)3-5-22(21)26/h3-6,17-18,28H,2,7-16H2,1H3. The number of methoxy groups -OCH3 is 1. The Kier molecular flexibility index (Phi) is 9.25. The summed E-state index contributed by atoms with van der Waals surface area (Å²) in [5.74, 6) is -0.322. The molecule has 2 saturated heterocycles. The number of nitrogens with one attached hydrogen (secondary N) is 1. The molecule has 0 atom stereocenters. The predicted molar refractivity (Wildman–Crippen MR) is 140 cm³/mol. The maximum atomic E-state index is 13.6. The average molecular weight is 555 g/mol. The second kappa shape index (κ2) is 12.4. The van der Waals surface area contributed by atoms with Crippen LogP contribution in [0.25, 0.3) is 0 Å². The van der Waals surface area contributed by atoms with Crippen LogP contribution in [0.3, 0.4) is 0 Å². The van der Waals surface area contributed by atoms with Gasteiger partial charge in [0, 0.05) is 45.8 Å². The quantitative estimate of drug-likeness (QED) is 0.476. The summed E-state index contributed by atoms with van der Waals surface area (Å²) in [6, 6.07) is 8.49. The fourth-order valence-electron chi connectivity index (χ4n) is 4.48. The monoisotopic (exact) mass is 554 g/mol. The van der Waals surface area contributed by atoms with E-state index in [4.69, 9.17) is 21.1 Å². The summed E-state index contributed by atoms with van der Waals surface area (Å²) in [5.41, 5.74) is 0.759. The van der Waals surface area contributed by atoms with Crippen LogP contribution >= 0.6 is 11.6 Å². The number of ether oxygens (including phenoxy) is 2. The number of carbonyl (C=O) groups excluding carboxylic acids is 1. The highest BCUT2D eigenvalue weighted by Gasteiger charge is 2.26. The highest BCUT2D eigenvalue weighted by Crippen LogP contribution is 2.32. The van der Waals surface area contributed by atoms with E-state index in [1.807, 2.05) is 4.90 Å². The van der Waals surface area contributed by atoms with Crippen LogP contribution in [0, 0.1) is 5.82 Å². The first kappa shape index (κ1) is 27.6. The largest absolute Gasteiger partial charge is 0.495 e. The number of rotatable bonds is 9. The zero-order valence-electron chi connectivity index (χ0n) is 20.8. The molecule has 2 aromatic rings. The van der Waals surface area contributed by atoms with Gasteiger partial charge >= 0.3 is 0 Å². The zero-order valence-corrected chi connectivity index (χ0v) is 22.4. The van der Waals surface area contributed by atoms with Gasteiger partial charge in [-0.25, -0.2) is 17.5 Å². The van der Waals surface area contributed by atoms with E-state index < -0.39 is 15.8 Å². The van der Waals surface area contributed by atoms with Gasteiger partial charge in [-0.15, -0.1) is 0 Å². The smallest absolute Gasteiger partial charge is 0.255 e. The first-order chi connectivity index (χ1) is 17.8. The van der Waals surface area contributed by atoms with E-state index in [2.05, 4.69) is 9.62 Å². The van der Waals surface area contributed by atoms with E-state index in [9.17, 15) is 17.6 Å². The van der Waals surface area contributed by atoms with Crippen molar-refractivity contribution in [1.29, 1.82) is 0 Å². The van der Waals surface area contributed by atoms with Crippen LogP contribution < -0.4 is 14.4 Å². The van der Waals surface area contributed by atoms with Gasteiger partial charge in [-0.2, -0.15) is 0 Å². The van der Waals surface area contributed by atoms with Gasteiger partial charge in [-0.05, 0) is 49.4 Å². The van der Waals surface area contributed by atoms with Gasteiger partial charge in [0.1, 0.15) is 11.6 Å². The maximum absolute atomic E-state index is 13.6. The molecule has 12 heteroatoms. The van der Waals surface area contributed by atoms with Gasteiger partial charge < -0.3 is 19.3 Å². The number of sulfonamides is 1. The van der Waals surface area contributed by atoms with Crippen LogP contribution in [-0.2, 0) is 14.8 Å². The second-order valence-electron chi connectivity index (χ2n) is 8.94. The first-order valence-corrected chi connectivity index (χ1v) is 14.1. The molecule has 0 aromatic heterocycles. The Hall–Kier alpha value is -2.44. The van der Waals surface area contributed by atoms with E-state index in [1.165, 1.54) is 25.3 Å². The maximum Gasteiger partial charge on any atom is 0.255 e. The van der Waals surface area contributed by atoms with Crippen LogP contribution in [-0.4, -0.2) is 96.8 Å². The third-order valence-electron chi connectivity index (χ3n) is 6.57. The number of hydrogen-bond donors (Lipinski definition) is 1. The average Bonchev–Trinajstić information content (AvgIpc) is 2.92. The molecular formula is C25H32ClFN4O5S. The second-order valence-corrected chi connectivity index (χ2v) is 11.1. The molecule has 2 heterocycles. The molecule has 2 aliphatic heterocycles. The number of nitrogens with zero attached hydrogens (tertiary/aromatic N) is 3. The normalized spacial score (nSPS) is 17.2. The minimum absolute atomic E-state index is 0.125. The summed E-state index contributed by atoms with van der Waals surface area (Å²) < 4.78 is 53.1. The van der Waals surface area contributed by atoms with Crippen LogP contribution in [0.15, 0.2) is 41.3 Å². The Balaban J connectivity index is 1.38. The number of carbonyl (C=O) groups is 1. The fourth-order valence-corrected chi connectivity index (χ4v) is 5.78. The summed E-state index contributed by atoms with van der Waals surface area (Å²) in [5, 5.41) is 0.200. The van der Waals surface area contributed by atoms with Gasteiger partial charge in [0.2, 0.25) is 10.0 Å². The number of halogens is 2. The van der Waals surface area contributed by atoms with Crippen LogP contribution in [0.2, 0.25) is 5.02 Å². The van der Waals surface area contributed by atoms with E-state index in [0.29, 0.717) is 63.8 Å². The lowest BCUT2D eigenvalue weighted by atomic mass is 10.1. The van der Waals surface area contributed by atoms with Crippen molar-refractivity contribution in [2.24, 2.45) is 0 Å². The minimum Gasteiger partial charge on any atom is -0.495 e. The topological polar surface area (TPSA) is 91.4 Å². The highest BCUT2D eigenvalue weighted by molar-refractivity contribution is 7.89. The Morgan fingerprint density at radius 3 is 2.51 bits per heavy atom. The SMILES string of the molecule is COc1ccc(S(=O)(=O)NCCCN2CCOCC2)cc1N1CCN(C(=O)c2cc(F)ccc2Cl)CC1. The molecule has 37 heavy (non-hydrogen) atoms. The van der Waals surface area contributed by atoms with E-state index in [-0.39, 0.29) is 21.4 Å². The number of benzene rings is 2. The van der Waals surface area contributed by atoms with Crippen molar-refractivity contribution in [3.8, 4) is 5.75 Å². The molecule has 202 valence electrons. The number of amides is 1. The Bertz CT molecular complexity index is 1200. The molecule has 2 aliphatic rings. The van der Waals surface area contributed by atoms with Crippen molar-refractivity contribution in [2.75, 3.05) is 77.6 Å². The van der Waals surface area contributed by atoms with Crippen molar-refractivity contribution in [3.63, 3.8) is 0 Å². The van der Waals surface area contributed by atoms with E-state index >= 15 is 0 Å². The molecule has 0 radical (unpaired) electrons. The molecule has 9 nitrogen and oxygen atoms in total. The molecular weight excluding hydrogens is 523 g/mol.